The second kappa shape index (κ2) is 6.62. The lowest BCUT2D eigenvalue weighted by molar-refractivity contribution is 0.0940. The van der Waals surface area contributed by atoms with Crippen molar-refractivity contribution >= 4 is 28.2 Å². The van der Waals surface area contributed by atoms with Gasteiger partial charge in [0, 0.05) is 13.6 Å². The molecule has 0 spiro atoms. The van der Waals surface area contributed by atoms with Gasteiger partial charge in [-0.15, -0.1) is 0 Å². The molecule has 0 saturated heterocycles. The van der Waals surface area contributed by atoms with Gasteiger partial charge in [-0.3, -0.25) is 4.79 Å². The van der Waals surface area contributed by atoms with Crippen LogP contribution >= 0.6 is 11.3 Å². The van der Waals surface area contributed by atoms with Crippen LogP contribution in [0.1, 0.15) is 41.7 Å². The maximum atomic E-state index is 12.3. The third-order valence-electron chi connectivity index (χ3n) is 3.05. The van der Waals surface area contributed by atoms with E-state index in [2.05, 4.69) is 17.2 Å². The number of anilines is 2. The van der Waals surface area contributed by atoms with E-state index in [4.69, 9.17) is 10.2 Å². The van der Waals surface area contributed by atoms with Gasteiger partial charge in [0.1, 0.15) is 16.5 Å². The van der Waals surface area contributed by atoms with Gasteiger partial charge in [-0.25, -0.2) is 4.98 Å². The van der Waals surface area contributed by atoms with E-state index < -0.39 is 0 Å². The highest BCUT2D eigenvalue weighted by Crippen LogP contribution is 2.28. The number of aromatic nitrogens is 1. The molecule has 21 heavy (non-hydrogen) atoms. The molecule has 0 saturated carbocycles. The van der Waals surface area contributed by atoms with Crippen LogP contribution in [0.25, 0.3) is 0 Å². The summed E-state index contributed by atoms with van der Waals surface area (Å²) in [6.07, 6.45) is 2.59. The largest absolute Gasteiger partial charge is 0.467 e. The Labute approximate surface area is 128 Å². The third-order valence-corrected chi connectivity index (χ3v) is 4.24. The summed E-state index contributed by atoms with van der Waals surface area (Å²) in [6.45, 7) is 4.82. The molecule has 2 aromatic heterocycles. The van der Waals surface area contributed by atoms with Crippen molar-refractivity contribution in [1.29, 1.82) is 0 Å². The molecule has 1 atom stereocenters. The van der Waals surface area contributed by atoms with Crippen LogP contribution in [0.15, 0.2) is 22.8 Å². The molecule has 1 unspecified atom stereocenters. The maximum Gasteiger partial charge on any atom is 0.265 e. The monoisotopic (exact) mass is 308 g/mol. The van der Waals surface area contributed by atoms with Gasteiger partial charge < -0.3 is 20.4 Å². The number of hydrogen-bond acceptors (Lipinski definition) is 6. The molecule has 2 rings (SSSR count). The van der Waals surface area contributed by atoms with E-state index in [9.17, 15) is 4.79 Å². The minimum Gasteiger partial charge on any atom is -0.467 e. The van der Waals surface area contributed by atoms with Crippen LogP contribution in [-0.4, -0.2) is 24.5 Å². The summed E-state index contributed by atoms with van der Waals surface area (Å²) >= 11 is 1.30. The van der Waals surface area contributed by atoms with Gasteiger partial charge >= 0.3 is 0 Å². The molecule has 0 fully saturated rings. The summed E-state index contributed by atoms with van der Waals surface area (Å²) in [4.78, 5) is 19.0. The number of nitrogens with zero attached hydrogens (tertiary/aromatic N) is 2. The van der Waals surface area contributed by atoms with E-state index in [1.165, 1.54) is 11.3 Å². The van der Waals surface area contributed by atoms with Crippen molar-refractivity contribution < 1.29 is 9.21 Å². The number of thiazole rings is 1. The quantitative estimate of drug-likeness (QED) is 0.857. The number of carbonyl (C=O) groups excluding carboxylic acids is 1. The lowest BCUT2D eigenvalue weighted by Gasteiger charge is -2.13. The van der Waals surface area contributed by atoms with Crippen LogP contribution in [0, 0.1) is 0 Å². The lowest BCUT2D eigenvalue weighted by Crippen LogP contribution is -2.26. The first-order valence-electron chi connectivity index (χ1n) is 6.84. The topological polar surface area (TPSA) is 84.4 Å². The number of furan rings is 1. The molecule has 0 aliphatic heterocycles. The minimum atomic E-state index is -0.231. The second-order valence-corrected chi connectivity index (χ2v) is 5.82. The van der Waals surface area contributed by atoms with Crippen molar-refractivity contribution in [2.75, 3.05) is 24.2 Å². The maximum absolute atomic E-state index is 12.3. The zero-order chi connectivity index (χ0) is 15.4. The van der Waals surface area contributed by atoms with Gasteiger partial charge in [0.05, 0.1) is 12.3 Å². The van der Waals surface area contributed by atoms with Gasteiger partial charge in [-0.05, 0) is 25.5 Å². The summed E-state index contributed by atoms with van der Waals surface area (Å²) < 4.78 is 5.27. The van der Waals surface area contributed by atoms with E-state index in [0.717, 1.165) is 18.1 Å². The number of hydrogen-bond donors (Lipinski definition) is 2. The highest BCUT2D eigenvalue weighted by atomic mass is 32.1. The van der Waals surface area contributed by atoms with Crippen molar-refractivity contribution in [1.82, 2.24) is 10.3 Å². The number of nitrogen functional groups attached to an aromatic ring is 1. The molecule has 7 heteroatoms. The number of amides is 1. The molecule has 0 bridgehead atoms. The van der Waals surface area contributed by atoms with Crippen molar-refractivity contribution in [3.8, 4) is 0 Å². The van der Waals surface area contributed by atoms with E-state index in [-0.39, 0.29) is 17.8 Å². The third kappa shape index (κ3) is 3.55. The van der Waals surface area contributed by atoms with Gasteiger partial charge in [0.2, 0.25) is 0 Å². The Morgan fingerprint density at radius 3 is 3.00 bits per heavy atom. The van der Waals surface area contributed by atoms with Gasteiger partial charge in [-0.1, -0.05) is 18.3 Å². The molecule has 2 heterocycles. The molecule has 6 nitrogen and oxygen atoms in total. The van der Waals surface area contributed by atoms with Crippen molar-refractivity contribution in [2.45, 2.75) is 26.3 Å². The summed E-state index contributed by atoms with van der Waals surface area (Å²) in [6, 6.07) is 3.39. The van der Waals surface area contributed by atoms with Crippen LogP contribution in [0.2, 0.25) is 0 Å². The first kappa shape index (κ1) is 15.4. The van der Waals surface area contributed by atoms with Gasteiger partial charge in [-0.2, -0.15) is 0 Å². The highest BCUT2D eigenvalue weighted by molar-refractivity contribution is 7.18. The van der Waals surface area contributed by atoms with Crippen molar-refractivity contribution in [3.63, 3.8) is 0 Å². The van der Waals surface area contributed by atoms with Crippen LogP contribution < -0.4 is 16.0 Å². The lowest BCUT2D eigenvalue weighted by atomic mass is 10.2. The smallest absolute Gasteiger partial charge is 0.265 e. The van der Waals surface area contributed by atoms with E-state index in [1.807, 2.05) is 24.9 Å². The molecule has 0 aliphatic rings. The number of nitrogens with one attached hydrogen (secondary N) is 1. The zero-order valence-corrected chi connectivity index (χ0v) is 13.2. The fraction of sp³-hybridized carbons (Fsp3) is 0.429. The molecule has 1 amide bonds. The highest BCUT2D eigenvalue weighted by Gasteiger charge is 2.20. The van der Waals surface area contributed by atoms with Crippen molar-refractivity contribution in [3.05, 3.63) is 29.0 Å². The minimum absolute atomic E-state index is 0.217. The Morgan fingerprint density at radius 2 is 2.38 bits per heavy atom. The van der Waals surface area contributed by atoms with Crippen molar-refractivity contribution in [2.24, 2.45) is 0 Å². The molecule has 0 aromatic carbocycles. The molecule has 0 aliphatic carbocycles. The Kier molecular flexibility index (Phi) is 4.85. The van der Waals surface area contributed by atoms with Crippen LogP contribution in [0.4, 0.5) is 10.9 Å². The Hall–Kier alpha value is -2.02. The molecule has 114 valence electrons. The fourth-order valence-electron chi connectivity index (χ4n) is 1.95. The molecule has 3 N–H and O–H groups in total. The van der Waals surface area contributed by atoms with Crippen LogP contribution in [0.3, 0.4) is 0 Å². The van der Waals surface area contributed by atoms with Gasteiger partial charge in [0.15, 0.2) is 5.13 Å². The van der Waals surface area contributed by atoms with Crippen LogP contribution in [-0.2, 0) is 0 Å². The standard InChI is InChI=1S/C14H20N4O2S/c1-4-7-18(3)14-17-12(15)11(21-14)13(19)16-9(2)10-6-5-8-20-10/h5-6,8-9H,4,7,15H2,1-3H3,(H,16,19). The second-order valence-electron chi connectivity index (χ2n) is 4.84. The Morgan fingerprint density at radius 1 is 1.62 bits per heavy atom. The average Bonchev–Trinajstić information content (AvgIpc) is 3.07. The predicted octanol–water partition coefficient (Wildman–Crippen LogP) is 2.66. The number of nitrogens with two attached hydrogens (primary N) is 1. The predicted molar refractivity (Wildman–Crippen MR) is 84.7 cm³/mol. The molecular formula is C14H20N4O2S. The van der Waals surface area contributed by atoms with E-state index in [1.54, 1.807) is 12.3 Å². The summed E-state index contributed by atoms with van der Waals surface area (Å²) in [5.41, 5.74) is 5.86. The molecular weight excluding hydrogens is 288 g/mol. The first-order valence-corrected chi connectivity index (χ1v) is 7.66. The average molecular weight is 308 g/mol. The first-order chi connectivity index (χ1) is 10.0. The van der Waals surface area contributed by atoms with E-state index >= 15 is 0 Å². The summed E-state index contributed by atoms with van der Waals surface area (Å²) in [5.74, 6) is 0.738. The Bertz CT molecular complexity index is 594. The Balaban J connectivity index is 2.09. The van der Waals surface area contributed by atoms with Crippen LogP contribution in [0.5, 0.6) is 0 Å². The molecule has 2 aromatic rings. The van der Waals surface area contributed by atoms with Gasteiger partial charge in [0.25, 0.3) is 5.91 Å². The molecule has 0 radical (unpaired) electrons. The van der Waals surface area contributed by atoms with E-state index in [0.29, 0.717) is 10.6 Å². The summed E-state index contributed by atoms with van der Waals surface area (Å²) in [5, 5.41) is 3.62. The number of carbonyl (C=O) groups is 1. The zero-order valence-electron chi connectivity index (χ0n) is 12.4. The normalized spacial score (nSPS) is 12.1. The SMILES string of the molecule is CCCN(C)c1nc(N)c(C(=O)NC(C)c2ccco2)s1. The number of rotatable bonds is 6. The summed E-state index contributed by atoms with van der Waals surface area (Å²) in [7, 11) is 1.94. The fourth-order valence-corrected chi connectivity index (χ4v) is 2.82.